The lowest BCUT2D eigenvalue weighted by Crippen LogP contribution is -2.35. The van der Waals surface area contributed by atoms with E-state index in [4.69, 9.17) is 16.3 Å². The summed E-state index contributed by atoms with van der Waals surface area (Å²) in [6, 6.07) is 28.9. The summed E-state index contributed by atoms with van der Waals surface area (Å²) in [5.74, 6) is -0.884. The number of hydrogen-bond donors (Lipinski definition) is 2. The number of carboxylic acids is 1. The van der Waals surface area contributed by atoms with E-state index in [0.29, 0.717) is 38.8 Å². The number of amides is 1. The lowest BCUT2D eigenvalue weighted by molar-refractivity contribution is -0.137. The highest BCUT2D eigenvalue weighted by molar-refractivity contribution is 6.31. The molecule has 0 bridgehead atoms. The Hall–Kier alpha value is -4.88. The van der Waals surface area contributed by atoms with E-state index in [1.54, 1.807) is 109 Å². The van der Waals surface area contributed by atoms with Gasteiger partial charge in [-0.1, -0.05) is 78.8 Å². The zero-order valence-corrected chi connectivity index (χ0v) is 23.9. The van der Waals surface area contributed by atoms with Crippen LogP contribution in [0.2, 0.25) is 5.02 Å². The number of nitrogens with one attached hydrogen (secondary N) is 1. The van der Waals surface area contributed by atoms with E-state index in [1.165, 1.54) is 0 Å². The fraction of sp³-hybridized carbons (Fsp3) is 0.147. The van der Waals surface area contributed by atoms with E-state index < -0.39 is 12.0 Å². The van der Waals surface area contributed by atoms with E-state index in [2.05, 4.69) is 11.9 Å². The fourth-order valence-electron chi connectivity index (χ4n) is 4.37. The number of carbonyl (C=O) groups is 3. The second-order valence-corrected chi connectivity index (χ2v) is 10.1. The highest BCUT2D eigenvalue weighted by Gasteiger charge is 2.22. The zero-order valence-electron chi connectivity index (χ0n) is 23.1. The Morgan fingerprint density at radius 1 is 0.929 bits per heavy atom. The lowest BCUT2D eigenvalue weighted by atomic mass is 10.00. The monoisotopic (exact) mass is 582 g/mol. The molecule has 4 rings (SSSR count). The van der Waals surface area contributed by atoms with Gasteiger partial charge in [-0.2, -0.15) is 0 Å². The van der Waals surface area contributed by atoms with Gasteiger partial charge in [0, 0.05) is 39.5 Å². The molecular formula is C34H31ClN2O5. The summed E-state index contributed by atoms with van der Waals surface area (Å²) in [5.41, 5.74) is 3.19. The first-order chi connectivity index (χ1) is 20.2. The molecule has 1 amide bonds. The maximum absolute atomic E-state index is 13.1. The van der Waals surface area contributed by atoms with Crippen LogP contribution in [0.4, 0.5) is 11.4 Å². The van der Waals surface area contributed by atoms with Crippen molar-refractivity contribution in [2.24, 2.45) is 0 Å². The normalized spacial score (nSPS) is 11.3. The summed E-state index contributed by atoms with van der Waals surface area (Å²) in [5, 5.41) is 13.5. The van der Waals surface area contributed by atoms with E-state index in [1.807, 2.05) is 6.07 Å². The van der Waals surface area contributed by atoms with E-state index in [0.717, 1.165) is 5.56 Å². The molecule has 8 heteroatoms. The number of ketones is 1. The van der Waals surface area contributed by atoms with Crippen molar-refractivity contribution < 1.29 is 24.2 Å². The van der Waals surface area contributed by atoms with E-state index >= 15 is 0 Å². The molecule has 42 heavy (non-hydrogen) atoms. The molecule has 0 heterocycles. The molecule has 1 unspecified atom stereocenters. The maximum atomic E-state index is 13.1. The van der Waals surface area contributed by atoms with Crippen LogP contribution in [0.15, 0.2) is 115 Å². The first-order valence-electron chi connectivity index (χ1n) is 13.4. The van der Waals surface area contributed by atoms with Crippen LogP contribution in [-0.4, -0.2) is 42.0 Å². The molecule has 0 saturated heterocycles. The van der Waals surface area contributed by atoms with Crippen LogP contribution in [-0.2, 0) is 16.0 Å². The molecule has 2 N–H and O–H groups in total. The number of carbonyl (C=O) groups excluding carboxylic acids is 2. The Morgan fingerprint density at radius 2 is 1.62 bits per heavy atom. The molecule has 0 aliphatic rings. The molecule has 214 valence electrons. The molecule has 0 saturated carbocycles. The van der Waals surface area contributed by atoms with Crippen LogP contribution < -0.4 is 15.0 Å². The van der Waals surface area contributed by atoms with Gasteiger partial charge in [0.05, 0.1) is 6.54 Å². The van der Waals surface area contributed by atoms with Crippen LogP contribution >= 0.6 is 11.6 Å². The van der Waals surface area contributed by atoms with Gasteiger partial charge >= 0.3 is 5.97 Å². The molecule has 0 aliphatic carbocycles. The summed E-state index contributed by atoms with van der Waals surface area (Å²) in [7, 11) is 0. The minimum absolute atomic E-state index is 0.180. The number of ether oxygens (including phenoxy) is 1. The number of para-hydroxylation sites is 1. The third-order valence-electron chi connectivity index (χ3n) is 6.51. The Morgan fingerprint density at radius 3 is 2.29 bits per heavy atom. The van der Waals surface area contributed by atoms with Crippen molar-refractivity contribution >= 4 is 40.6 Å². The second kappa shape index (κ2) is 14.1. The van der Waals surface area contributed by atoms with Crippen molar-refractivity contribution in [1.29, 1.82) is 0 Å². The highest BCUT2D eigenvalue weighted by atomic mass is 35.5. The predicted octanol–water partition coefficient (Wildman–Crippen LogP) is 6.67. The number of nitrogens with zero attached hydrogens (tertiary/aromatic N) is 1. The summed E-state index contributed by atoms with van der Waals surface area (Å²) in [4.78, 5) is 39.5. The third kappa shape index (κ3) is 7.86. The van der Waals surface area contributed by atoms with Gasteiger partial charge in [0.1, 0.15) is 18.4 Å². The summed E-state index contributed by atoms with van der Waals surface area (Å²) in [6.07, 6.45) is 0.180. The molecule has 0 spiro atoms. The number of carboxylic acid groups (broad SMARTS) is 1. The second-order valence-electron chi connectivity index (χ2n) is 9.69. The Balaban J connectivity index is 1.40. The fourth-order valence-corrected chi connectivity index (χ4v) is 4.56. The molecular weight excluding hydrogens is 552 g/mol. The number of hydrogen-bond acceptors (Lipinski definition) is 5. The minimum Gasteiger partial charge on any atom is -0.492 e. The van der Waals surface area contributed by atoms with Crippen LogP contribution in [0, 0.1) is 0 Å². The quantitative estimate of drug-likeness (QED) is 0.135. The van der Waals surface area contributed by atoms with Crippen LogP contribution in [0.3, 0.4) is 0 Å². The van der Waals surface area contributed by atoms with Crippen LogP contribution in [0.5, 0.6) is 5.75 Å². The standard InChI is InChI=1S/C34H31ClN2O5/c1-23(2)33(39)37(27-12-8-11-26(35)22-27)19-20-42-28-17-15-24(16-18-28)21-31(34(40)41)36-30-14-7-6-13-29(30)32(38)25-9-4-3-5-10-25/h3-18,22,31,36H,1,19-21H2,2H3,(H,40,41). The summed E-state index contributed by atoms with van der Waals surface area (Å²) < 4.78 is 5.88. The average Bonchev–Trinajstić information content (AvgIpc) is 2.99. The Kier molecular flexibility index (Phi) is 10.1. The smallest absolute Gasteiger partial charge is 0.326 e. The average molecular weight is 583 g/mol. The third-order valence-corrected chi connectivity index (χ3v) is 6.75. The van der Waals surface area contributed by atoms with Gasteiger partial charge in [0.2, 0.25) is 0 Å². The van der Waals surface area contributed by atoms with Gasteiger partial charge in [0.25, 0.3) is 5.91 Å². The molecule has 4 aromatic carbocycles. The zero-order chi connectivity index (χ0) is 30.1. The summed E-state index contributed by atoms with van der Waals surface area (Å²) >= 11 is 6.12. The predicted molar refractivity (Wildman–Crippen MR) is 166 cm³/mol. The topological polar surface area (TPSA) is 95.9 Å². The first-order valence-corrected chi connectivity index (χ1v) is 13.7. The lowest BCUT2D eigenvalue weighted by Gasteiger charge is -2.23. The van der Waals surface area contributed by atoms with Crippen molar-refractivity contribution in [1.82, 2.24) is 0 Å². The van der Waals surface area contributed by atoms with Crippen LogP contribution in [0.1, 0.15) is 28.4 Å². The molecule has 0 fully saturated rings. The SMILES string of the molecule is C=C(C)C(=O)N(CCOc1ccc(CC(Nc2ccccc2C(=O)c2ccccc2)C(=O)O)cc1)c1cccc(Cl)c1. The van der Waals surface area contributed by atoms with E-state index in [9.17, 15) is 19.5 Å². The number of anilines is 2. The number of rotatable bonds is 13. The van der Waals surface area contributed by atoms with Gasteiger partial charge < -0.3 is 20.1 Å². The minimum atomic E-state index is -1.04. The Bertz CT molecular complexity index is 1570. The molecule has 4 aromatic rings. The van der Waals surface area contributed by atoms with Crippen molar-refractivity contribution in [2.75, 3.05) is 23.4 Å². The van der Waals surface area contributed by atoms with Crippen molar-refractivity contribution in [3.8, 4) is 5.75 Å². The molecule has 0 aromatic heterocycles. The van der Waals surface area contributed by atoms with Crippen molar-refractivity contribution in [3.63, 3.8) is 0 Å². The van der Waals surface area contributed by atoms with Gasteiger partial charge in [0.15, 0.2) is 5.78 Å². The summed E-state index contributed by atoms with van der Waals surface area (Å²) in [6.45, 7) is 5.91. The highest BCUT2D eigenvalue weighted by Crippen LogP contribution is 2.23. The van der Waals surface area contributed by atoms with Gasteiger partial charge in [-0.15, -0.1) is 0 Å². The van der Waals surface area contributed by atoms with Gasteiger partial charge in [-0.3, -0.25) is 9.59 Å². The number of halogens is 1. The molecule has 1 atom stereocenters. The van der Waals surface area contributed by atoms with Gasteiger partial charge in [-0.05, 0) is 55.0 Å². The first kappa shape index (κ1) is 30.1. The van der Waals surface area contributed by atoms with Crippen molar-refractivity contribution in [2.45, 2.75) is 19.4 Å². The molecule has 0 radical (unpaired) electrons. The number of benzene rings is 4. The molecule has 7 nitrogen and oxygen atoms in total. The number of aliphatic carboxylic acids is 1. The Labute approximate surface area is 250 Å². The van der Waals surface area contributed by atoms with Crippen LogP contribution in [0.25, 0.3) is 0 Å². The largest absolute Gasteiger partial charge is 0.492 e. The maximum Gasteiger partial charge on any atom is 0.326 e. The van der Waals surface area contributed by atoms with Gasteiger partial charge in [-0.25, -0.2) is 4.79 Å². The van der Waals surface area contributed by atoms with Crippen molar-refractivity contribution in [3.05, 3.63) is 137 Å². The van der Waals surface area contributed by atoms with E-state index in [-0.39, 0.29) is 31.3 Å². The molecule has 0 aliphatic heterocycles.